The van der Waals surface area contributed by atoms with E-state index in [1.54, 1.807) is 0 Å². The zero-order valence-electron chi connectivity index (χ0n) is 15.4. The molecule has 2 fully saturated rings. The zero-order valence-corrected chi connectivity index (χ0v) is 15.4. The van der Waals surface area contributed by atoms with Gasteiger partial charge in [-0.1, -0.05) is 25.7 Å². The number of carboxylic acid groups (broad SMARTS) is 2. The lowest BCUT2D eigenvalue weighted by Gasteiger charge is -2.27. The summed E-state index contributed by atoms with van der Waals surface area (Å²) < 4.78 is 10.3. The van der Waals surface area contributed by atoms with Gasteiger partial charge in [0, 0.05) is 6.42 Å². The van der Waals surface area contributed by atoms with E-state index in [0.717, 1.165) is 25.7 Å². The van der Waals surface area contributed by atoms with Crippen LogP contribution in [0, 0.1) is 23.7 Å². The topological polar surface area (TPSA) is 127 Å². The minimum atomic E-state index is -0.967. The molecule has 2 N–H and O–H groups in total. The lowest BCUT2D eigenvalue weighted by molar-refractivity contribution is -0.162. The van der Waals surface area contributed by atoms with Crippen molar-refractivity contribution in [3.05, 3.63) is 0 Å². The molecule has 0 bridgehead atoms. The molecule has 2 aliphatic carbocycles. The molecule has 2 rings (SSSR count). The van der Waals surface area contributed by atoms with Gasteiger partial charge in [0.2, 0.25) is 0 Å². The number of aliphatic carboxylic acids is 2. The molecule has 2 saturated carbocycles. The Kier molecular flexibility index (Phi) is 8.06. The molecule has 0 amide bonds. The third-order valence-electron chi connectivity index (χ3n) is 5.55. The second-order valence-corrected chi connectivity index (χ2v) is 7.36. The van der Waals surface area contributed by atoms with E-state index in [-0.39, 0.29) is 13.2 Å². The van der Waals surface area contributed by atoms with Gasteiger partial charge < -0.3 is 19.7 Å². The van der Waals surface area contributed by atoms with Gasteiger partial charge >= 0.3 is 23.9 Å². The molecule has 0 aromatic carbocycles. The number of carbonyl (C=O) groups is 4. The van der Waals surface area contributed by atoms with Crippen LogP contribution >= 0.6 is 0 Å². The fourth-order valence-corrected chi connectivity index (χ4v) is 4.04. The first-order chi connectivity index (χ1) is 12.9. The van der Waals surface area contributed by atoms with Crippen LogP contribution in [0.25, 0.3) is 0 Å². The predicted molar refractivity (Wildman–Crippen MR) is 92.7 cm³/mol. The Labute approximate surface area is 158 Å². The quantitative estimate of drug-likeness (QED) is 0.482. The van der Waals surface area contributed by atoms with E-state index in [0.29, 0.717) is 32.1 Å². The monoisotopic (exact) mass is 384 g/mol. The molecule has 4 atom stereocenters. The number of esters is 2. The summed E-state index contributed by atoms with van der Waals surface area (Å²) in [6.45, 7) is 0.0873. The average molecular weight is 384 g/mol. The van der Waals surface area contributed by atoms with Gasteiger partial charge in [-0.15, -0.1) is 0 Å². The highest BCUT2D eigenvalue weighted by Crippen LogP contribution is 2.32. The molecule has 0 aromatic heterocycles. The van der Waals surface area contributed by atoms with Gasteiger partial charge in [-0.2, -0.15) is 0 Å². The lowest BCUT2D eigenvalue weighted by Crippen LogP contribution is -2.34. The molecule has 0 saturated heterocycles. The largest absolute Gasteiger partial charge is 0.481 e. The van der Waals surface area contributed by atoms with E-state index in [9.17, 15) is 29.4 Å². The van der Waals surface area contributed by atoms with Crippen LogP contribution in [0.15, 0.2) is 0 Å². The number of rotatable bonds is 8. The van der Waals surface area contributed by atoms with Crippen LogP contribution in [-0.4, -0.2) is 47.3 Å². The van der Waals surface area contributed by atoms with Crippen molar-refractivity contribution >= 4 is 23.9 Å². The Bertz CT molecular complexity index is 510. The molecule has 152 valence electrons. The number of carboxylic acids is 2. The first-order valence-corrected chi connectivity index (χ1v) is 9.70. The van der Waals surface area contributed by atoms with Gasteiger partial charge in [0.15, 0.2) is 0 Å². The second kappa shape index (κ2) is 10.3. The SMILES string of the molecule is O=C(O)C1CCCCC1C(=O)OCCCOC(=O)C1CCCCC1C(=O)O. The van der Waals surface area contributed by atoms with Crippen LogP contribution < -0.4 is 0 Å². The van der Waals surface area contributed by atoms with Crippen molar-refractivity contribution in [2.45, 2.75) is 57.8 Å². The molecule has 0 heterocycles. The maximum atomic E-state index is 12.1. The van der Waals surface area contributed by atoms with E-state index in [4.69, 9.17) is 9.47 Å². The normalized spacial score (nSPS) is 28.1. The molecule has 0 aliphatic heterocycles. The van der Waals surface area contributed by atoms with E-state index in [1.165, 1.54) is 0 Å². The Morgan fingerprint density at radius 1 is 0.630 bits per heavy atom. The van der Waals surface area contributed by atoms with Crippen molar-refractivity contribution in [1.29, 1.82) is 0 Å². The van der Waals surface area contributed by atoms with Crippen LogP contribution in [0.2, 0.25) is 0 Å². The van der Waals surface area contributed by atoms with E-state index < -0.39 is 47.5 Å². The molecule has 8 heteroatoms. The summed E-state index contributed by atoms with van der Waals surface area (Å²) in [4.78, 5) is 46.7. The summed E-state index contributed by atoms with van der Waals surface area (Å²) >= 11 is 0. The van der Waals surface area contributed by atoms with Crippen molar-refractivity contribution in [2.24, 2.45) is 23.7 Å². The average Bonchev–Trinajstić information content (AvgIpc) is 2.67. The fraction of sp³-hybridized carbons (Fsp3) is 0.789. The molecule has 0 spiro atoms. The Hall–Kier alpha value is -2.12. The Morgan fingerprint density at radius 2 is 0.963 bits per heavy atom. The minimum absolute atomic E-state index is 0.0436. The Morgan fingerprint density at radius 3 is 1.30 bits per heavy atom. The van der Waals surface area contributed by atoms with Gasteiger partial charge in [0.25, 0.3) is 0 Å². The van der Waals surface area contributed by atoms with Gasteiger partial charge in [-0.3, -0.25) is 19.2 Å². The highest BCUT2D eigenvalue weighted by atomic mass is 16.5. The van der Waals surface area contributed by atoms with Crippen molar-refractivity contribution in [3.8, 4) is 0 Å². The van der Waals surface area contributed by atoms with Crippen LogP contribution in [0.3, 0.4) is 0 Å². The van der Waals surface area contributed by atoms with Gasteiger partial charge in [-0.05, 0) is 25.7 Å². The van der Waals surface area contributed by atoms with Crippen molar-refractivity contribution < 1.29 is 38.9 Å². The van der Waals surface area contributed by atoms with Crippen LogP contribution in [-0.2, 0) is 28.7 Å². The van der Waals surface area contributed by atoms with Gasteiger partial charge in [0.05, 0.1) is 36.9 Å². The van der Waals surface area contributed by atoms with Crippen molar-refractivity contribution in [3.63, 3.8) is 0 Å². The zero-order chi connectivity index (χ0) is 19.8. The predicted octanol–water partition coefficient (Wildman–Crippen LogP) is 2.24. The maximum absolute atomic E-state index is 12.1. The third kappa shape index (κ3) is 5.94. The standard InChI is InChI=1S/C19H28O8/c20-16(21)12-6-1-3-8-14(12)18(24)26-10-5-11-27-19(25)15-9-4-2-7-13(15)17(22)23/h12-15H,1-11H2,(H,20,21)(H,22,23). The van der Waals surface area contributed by atoms with Crippen molar-refractivity contribution in [2.75, 3.05) is 13.2 Å². The summed E-state index contributed by atoms with van der Waals surface area (Å²) in [5.74, 6) is -5.56. The molecule has 8 nitrogen and oxygen atoms in total. The van der Waals surface area contributed by atoms with E-state index in [1.807, 2.05) is 0 Å². The third-order valence-corrected chi connectivity index (χ3v) is 5.55. The molecule has 27 heavy (non-hydrogen) atoms. The smallest absolute Gasteiger partial charge is 0.309 e. The Balaban J connectivity index is 1.69. The first-order valence-electron chi connectivity index (χ1n) is 9.70. The molecular formula is C19H28O8. The number of carbonyl (C=O) groups excluding carboxylic acids is 2. The molecule has 0 aromatic rings. The lowest BCUT2D eigenvalue weighted by atomic mass is 9.79. The maximum Gasteiger partial charge on any atom is 0.309 e. The molecule has 2 aliphatic rings. The summed E-state index contributed by atoms with van der Waals surface area (Å²) in [6.07, 6.45) is 5.53. The number of hydrogen-bond acceptors (Lipinski definition) is 6. The second-order valence-electron chi connectivity index (χ2n) is 7.36. The highest BCUT2D eigenvalue weighted by Gasteiger charge is 2.37. The van der Waals surface area contributed by atoms with Crippen LogP contribution in [0.4, 0.5) is 0 Å². The van der Waals surface area contributed by atoms with Crippen molar-refractivity contribution in [1.82, 2.24) is 0 Å². The summed E-state index contributed by atoms with van der Waals surface area (Å²) in [5.41, 5.74) is 0. The minimum Gasteiger partial charge on any atom is -0.481 e. The van der Waals surface area contributed by atoms with E-state index in [2.05, 4.69) is 0 Å². The summed E-state index contributed by atoms with van der Waals surface area (Å²) in [7, 11) is 0. The highest BCUT2D eigenvalue weighted by molar-refractivity contribution is 5.82. The molecule has 0 radical (unpaired) electrons. The number of ether oxygens (including phenoxy) is 2. The van der Waals surface area contributed by atoms with Crippen LogP contribution in [0.5, 0.6) is 0 Å². The first kappa shape index (κ1) is 21.2. The summed E-state index contributed by atoms with van der Waals surface area (Å²) in [6, 6.07) is 0. The van der Waals surface area contributed by atoms with E-state index >= 15 is 0 Å². The molecule has 4 unspecified atom stereocenters. The van der Waals surface area contributed by atoms with Gasteiger partial charge in [0.1, 0.15) is 0 Å². The van der Waals surface area contributed by atoms with Gasteiger partial charge in [-0.25, -0.2) is 0 Å². The summed E-state index contributed by atoms with van der Waals surface area (Å²) in [5, 5.41) is 18.4. The molecular weight excluding hydrogens is 356 g/mol. The number of hydrogen-bond donors (Lipinski definition) is 2. The van der Waals surface area contributed by atoms with Crippen LogP contribution in [0.1, 0.15) is 57.8 Å². The fourth-order valence-electron chi connectivity index (χ4n) is 4.04.